The average Bonchev–Trinajstić information content (AvgIpc) is 2.39. The van der Waals surface area contributed by atoms with Crippen molar-refractivity contribution in [3.05, 3.63) is 24.3 Å². The molecule has 1 heterocycles. The Kier molecular flexibility index (Phi) is 3.72. The van der Waals surface area contributed by atoms with Crippen LogP contribution in [-0.2, 0) is 0 Å². The zero-order valence-corrected chi connectivity index (χ0v) is 9.72. The van der Waals surface area contributed by atoms with Gasteiger partial charge in [-0.2, -0.15) is 0 Å². The van der Waals surface area contributed by atoms with Gasteiger partial charge >= 0.3 is 0 Å². The third-order valence-electron chi connectivity index (χ3n) is 3.07. The van der Waals surface area contributed by atoms with Crippen LogP contribution in [0.1, 0.15) is 0 Å². The summed E-state index contributed by atoms with van der Waals surface area (Å²) in [7, 11) is 7.31. The van der Waals surface area contributed by atoms with Gasteiger partial charge in [0.2, 0.25) is 0 Å². The maximum Gasteiger partial charge on any atom is 0.119 e. The number of nitrogens with zero attached hydrogens (tertiary/aromatic N) is 2. The van der Waals surface area contributed by atoms with Gasteiger partial charge in [0.25, 0.3) is 0 Å². The molecule has 1 aliphatic heterocycles. The standard InChI is InChI=1S/C12H17BN2O/c1-16-12-4-2-11(3-5-12)15-8-6-14(10-13)7-9-15/h2-5H,6-10H2,1H3. The van der Waals surface area contributed by atoms with Crippen molar-refractivity contribution >= 4 is 13.5 Å². The van der Waals surface area contributed by atoms with E-state index >= 15 is 0 Å². The average molecular weight is 216 g/mol. The topological polar surface area (TPSA) is 15.7 Å². The lowest BCUT2D eigenvalue weighted by atomic mass is 10.1. The molecule has 16 heavy (non-hydrogen) atoms. The van der Waals surface area contributed by atoms with E-state index in [0.717, 1.165) is 31.9 Å². The minimum atomic E-state index is 0.663. The second-order valence-corrected chi connectivity index (χ2v) is 3.99. The molecule has 0 N–H and O–H groups in total. The molecule has 1 aromatic carbocycles. The van der Waals surface area contributed by atoms with Gasteiger partial charge < -0.3 is 14.5 Å². The van der Waals surface area contributed by atoms with Crippen molar-refractivity contribution in [2.75, 3.05) is 44.6 Å². The van der Waals surface area contributed by atoms with Crippen LogP contribution in [0.2, 0.25) is 0 Å². The Morgan fingerprint density at radius 3 is 2.25 bits per heavy atom. The molecule has 1 aromatic rings. The highest BCUT2D eigenvalue weighted by molar-refractivity contribution is 6.08. The Balaban J connectivity index is 1.97. The molecule has 0 aromatic heterocycles. The molecule has 0 unspecified atom stereocenters. The van der Waals surface area contributed by atoms with E-state index in [4.69, 9.17) is 12.6 Å². The first-order chi connectivity index (χ1) is 7.83. The summed E-state index contributed by atoms with van der Waals surface area (Å²) < 4.78 is 5.15. The Morgan fingerprint density at radius 1 is 1.12 bits per heavy atom. The summed E-state index contributed by atoms with van der Waals surface area (Å²) in [5.74, 6) is 0.907. The predicted molar refractivity (Wildman–Crippen MR) is 67.4 cm³/mol. The number of piperazine rings is 1. The van der Waals surface area contributed by atoms with Crippen molar-refractivity contribution in [1.29, 1.82) is 0 Å². The number of hydrogen-bond donors (Lipinski definition) is 0. The molecule has 2 radical (unpaired) electrons. The van der Waals surface area contributed by atoms with E-state index < -0.39 is 0 Å². The summed E-state index contributed by atoms with van der Waals surface area (Å²) in [6.45, 7) is 4.18. The first-order valence-electron chi connectivity index (χ1n) is 5.65. The SMILES string of the molecule is [B]CN1CCN(c2ccc(OC)cc2)CC1. The van der Waals surface area contributed by atoms with Crippen LogP contribution in [0.25, 0.3) is 0 Å². The minimum absolute atomic E-state index is 0.663. The molecule has 3 nitrogen and oxygen atoms in total. The lowest BCUT2D eigenvalue weighted by molar-refractivity contribution is 0.297. The highest BCUT2D eigenvalue weighted by Gasteiger charge is 2.15. The number of hydrogen-bond acceptors (Lipinski definition) is 3. The Labute approximate surface area is 98.4 Å². The highest BCUT2D eigenvalue weighted by atomic mass is 16.5. The summed E-state index contributed by atoms with van der Waals surface area (Å²) in [6, 6.07) is 8.23. The molecule has 1 aliphatic rings. The molecule has 1 saturated heterocycles. The van der Waals surface area contributed by atoms with Gasteiger partial charge in [0, 0.05) is 31.9 Å². The molecule has 4 heteroatoms. The summed E-state index contributed by atoms with van der Waals surface area (Å²) >= 11 is 0. The van der Waals surface area contributed by atoms with Gasteiger partial charge in [0.1, 0.15) is 5.75 Å². The van der Waals surface area contributed by atoms with Gasteiger partial charge in [-0.05, 0) is 30.7 Å². The Hall–Kier alpha value is -1.16. The predicted octanol–water partition coefficient (Wildman–Crippen LogP) is 0.943. The number of benzene rings is 1. The molecule has 0 saturated carbocycles. The maximum atomic E-state index is 5.62. The van der Waals surface area contributed by atoms with E-state index in [0.29, 0.717) is 6.44 Å². The lowest BCUT2D eigenvalue weighted by Gasteiger charge is -2.35. The zero-order valence-electron chi connectivity index (χ0n) is 9.72. The Bertz CT molecular complexity index is 320. The van der Waals surface area contributed by atoms with Crippen LogP contribution >= 0.6 is 0 Å². The highest BCUT2D eigenvalue weighted by Crippen LogP contribution is 2.20. The van der Waals surface area contributed by atoms with Gasteiger partial charge in [0.05, 0.1) is 15.0 Å². The number of anilines is 1. The van der Waals surface area contributed by atoms with Gasteiger partial charge in [0.15, 0.2) is 0 Å². The van der Waals surface area contributed by atoms with Crippen molar-refractivity contribution < 1.29 is 4.74 Å². The van der Waals surface area contributed by atoms with Crippen molar-refractivity contribution in [2.24, 2.45) is 0 Å². The first-order valence-corrected chi connectivity index (χ1v) is 5.65. The van der Waals surface area contributed by atoms with E-state index in [2.05, 4.69) is 21.9 Å². The fourth-order valence-corrected chi connectivity index (χ4v) is 1.98. The molecular formula is C12H17BN2O. The summed E-state index contributed by atoms with van der Waals surface area (Å²) in [5.41, 5.74) is 1.26. The van der Waals surface area contributed by atoms with E-state index in [-0.39, 0.29) is 0 Å². The second-order valence-electron chi connectivity index (χ2n) is 3.99. The van der Waals surface area contributed by atoms with Crippen LogP contribution in [-0.4, -0.2) is 52.5 Å². The molecule has 2 rings (SSSR count). The third-order valence-corrected chi connectivity index (χ3v) is 3.07. The van der Waals surface area contributed by atoms with Crippen LogP contribution in [0.4, 0.5) is 5.69 Å². The van der Waals surface area contributed by atoms with Gasteiger partial charge in [-0.1, -0.05) is 0 Å². The fourth-order valence-electron chi connectivity index (χ4n) is 1.98. The van der Waals surface area contributed by atoms with Crippen molar-refractivity contribution in [2.45, 2.75) is 0 Å². The molecule has 0 atom stereocenters. The zero-order chi connectivity index (χ0) is 11.4. The molecule has 0 aliphatic carbocycles. The number of methoxy groups -OCH3 is 1. The van der Waals surface area contributed by atoms with Gasteiger partial charge in [-0.25, -0.2) is 0 Å². The lowest BCUT2D eigenvalue weighted by Crippen LogP contribution is -2.46. The molecule has 84 valence electrons. The summed E-state index contributed by atoms with van der Waals surface area (Å²) in [5, 5.41) is 0. The molecule has 0 spiro atoms. The maximum absolute atomic E-state index is 5.62. The van der Waals surface area contributed by atoms with E-state index in [1.165, 1.54) is 5.69 Å². The van der Waals surface area contributed by atoms with Crippen molar-refractivity contribution in [3.63, 3.8) is 0 Å². The van der Waals surface area contributed by atoms with Crippen molar-refractivity contribution in [1.82, 2.24) is 4.90 Å². The minimum Gasteiger partial charge on any atom is -0.497 e. The van der Waals surface area contributed by atoms with Crippen LogP contribution < -0.4 is 9.64 Å². The van der Waals surface area contributed by atoms with Crippen LogP contribution in [0.15, 0.2) is 24.3 Å². The van der Waals surface area contributed by atoms with Crippen LogP contribution in [0.5, 0.6) is 5.75 Å². The Morgan fingerprint density at radius 2 is 1.75 bits per heavy atom. The van der Waals surface area contributed by atoms with Crippen LogP contribution in [0.3, 0.4) is 0 Å². The fraction of sp³-hybridized carbons (Fsp3) is 0.500. The first kappa shape index (κ1) is 11.3. The third kappa shape index (κ3) is 2.50. The smallest absolute Gasteiger partial charge is 0.119 e. The quantitative estimate of drug-likeness (QED) is 0.699. The van der Waals surface area contributed by atoms with E-state index in [9.17, 15) is 0 Å². The molecule has 0 amide bonds. The monoisotopic (exact) mass is 216 g/mol. The summed E-state index contributed by atoms with van der Waals surface area (Å²) in [6.07, 6.45) is 0.663. The molecular weight excluding hydrogens is 199 g/mol. The van der Waals surface area contributed by atoms with Crippen molar-refractivity contribution in [3.8, 4) is 5.75 Å². The second kappa shape index (κ2) is 5.26. The summed E-state index contributed by atoms with van der Waals surface area (Å²) in [4.78, 5) is 4.64. The molecule has 1 fully saturated rings. The largest absolute Gasteiger partial charge is 0.497 e. The number of ether oxygens (including phenoxy) is 1. The van der Waals surface area contributed by atoms with Gasteiger partial charge in [-0.15, -0.1) is 0 Å². The molecule has 0 bridgehead atoms. The van der Waals surface area contributed by atoms with E-state index in [1.54, 1.807) is 7.11 Å². The van der Waals surface area contributed by atoms with E-state index in [1.807, 2.05) is 12.1 Å². The van der Waals surface area contributed by atoms with Gasteiger partial charge in [-0.3, -0.25) is 0 Å². The number of rotatable bonds is 3. The van der Waals surface area contributed by atoms with Crippen LogP contribution in [0, 0.1) is 0 Å². The normalized spacial score (nSPS) is 17.4.